The highest BCUT2D eigenvalue weighted by Crippen LogP contribution is 2.48. The van der Waals surface area contributed by atoms with Gasteiger partial charge in [0.2, 0.25) is 0 Å². The van der Waals surface area contributed by atoms with Crippen LogP contribution >= 0.6 is 0 Å². The van der Waals surface area contributed by atoms with E-state index in [4.69, 9.17) is 0 Å². The minimum atomic E-state index is 0.269. The first-order valence-electron chi connectivity index (χ1n) is 12.5. The Balaban J connectivity index is 1.38. The molecule has 0 aromatic heterocycles. The molecule has 0 spiro atoms. The Morgan fingerprint density at radius 2 is 1.47 bits per heavy atom. The van der Waals surface area contributed by atoms with Crippen molar-refractivity contribution in [3.05, 3.63) is 29.8 Å². The fourth-order valence-electron chi connectivity index (χ4n) is 6.04. The Kier molecular flexibility index (Phi) is 6.90. The second-order valence-electron chi connectivity index (χ2n) is 9.84. The fraction of sp³-hybridized carbons (Fsp3) is 0.731. The first-order chi connectivity index (χ1) is 14.7. The Morgan fingerprint density at radius 1 is 0.867 bits per heavy atom. The molecule has 0 unspecified atom stereocenters. The molecule has 0 radical (unpaired) electrons. The summed E-state index contributed by atoms with van der Waals surface area (Å²) < 4.78 is 0. The van der Waals surface area contributed by atoms with E-state index in [2.05, 4.69) is 52.8 Å². The summed E-state index contributed by atoms with van der Waals surface area (Å²) in [6.45, 7) is 10.3. The minimum absolute atomic E-state index is 0.269. The lowest BCUT2D eigenvalue weighted by Crippen LogP contribution is -2.53. The molecule has 4 rings (SSSR count). The first-order valence-corrected chi connectivity index (χ1v) is 12.5. The van der Waals surface area contributed by atoms with Crippen molar-refractivity contribution in [3.63, 3.8) is 0 Å². The molecular weight excluding hydrogens is 370 g/mol. The summed E-state index contributed by atoms with van der Waals surface area (Å²) in [5, 5.41) is 0. The van der Waals surface area contributed by atoms with E-state index in [1.807, 2.05) is 0 Å². The van der Waals surface area contributed by atoms with Crippen molar-refractivity contribution < 1.29 is 4.79 Å². The number of likely N-dealkylation sites (tertiary alicyclic amines) is 1. The van der Waals surface area contributed by atoms with Gasteiger partial charge in [-0.3, -0.25) is 0 Å². The number of nitrogens with zero attached hydrogens (tertiary/aromatic N) is 3. The van der Waals surface area contributed by atoms with Gasteiger partial charge in [0.15, 0.2) is 0 Å². The van der Waals surface area contributed by atoms with Gasteiger partial charge >= 0.3 is 6.03 Å². The highest BCUT2D eigenvalue weighted by Gasteiger charge is 2.34. The van der Waals surface area contributed by atoms with E-state index >= 15 is 0 Å². The number of amides is 2. The van der Waals surface area contributed by atoms with Gasteiger partial charge in [-0.1, -0.05) is 44.9 Å². The molecule has 0 N–H and O–H groups in total. The minimum Gasteiger partial charge on any atom is -0.368 e. The van der Waals surface area contributed by atoms with Crippen molar-refractivity contribution >= 4 is 11.7 Å². The monoisotopic (exact) mass is 411 g/mol. The number of carbonyl (C=O) groups excluding carboxylic acids is 1. The number of piperidine rings is 1. The van der Waals surface area contributed by atoms with E-state index in [0.29, 0.717) is 11.3 Å². The fourth-order valence-corrected chi connectivity index (χ4v) is 6.04. The predicted octanol–water partition coefficient (Wildman–Crippen LogP) is 5.88. The van der Waals surface area contributed by atoms with Crippen LogP contribution in [0.15, 0.2) is 24.3 Å². The zero-order valence-electron chi connectivity index (χ0n) is 19.2. The Labute approximate surface area is 183 Å². The molecule has 166 valence electrons. The molecule has 1 aromatic rings. The second-order valence-corrected chi connectivity index (χ2v) is 9.84. The molecular formula is C26H41N3O. The number of hydrogen-bond acceptors (Lipinski definition) is 2. The molecule has 2 heterocycles. The number of rotatable bonds is 4. The van der Waals surface area contributed by atoms with Gasteiger partial charge in [0.1, 0.15) is 0 Å². The third kappa shape index (κ3) is 4.48. The van der Waals surface area contributed by atoms with Gasteiger partial charge in [0.25, 0.3) is 0 Å². The number of urea groups is 1. The first kappa shape index (κ1) is 21.5. The van der Waals surface area contributed by atoms with Crippen LogP contribution in [0.5, 0.6) is 0 Å². The van der Waals surface area contributed by atoms with Gasteiger partial charge in [-0.15, -0.1) is 0 Å². The van der Waals surface area contributed by atoms with E-state index in [0.717, 1.165) is 52.1 Å². The van der Waals surface area contributed by atoms with Crippen LogP contribution < -0.4 is 4.90 Å². The largest absolute Gasteiger partial charge is 0.368 e. The zero-order chi connectivity index (χ0) is 21.0. The highest BCUT2D eigenvalue weighted by atomic mass is 16.2. The van der Waals surface area contributed by atoms with E-state index in [-0.39, 0.29) is 6.03 Å². The van der Waals surface area contributed by atoms with Gasteiger partial charge in [-0.2, -0.15) is 0 Å². The number of piperazine rings is 1. The molecule has 0 atom stereocenters. The average Bonchev–Trinajstić information content (AvgIpc) is 2.84. The van der Waals surface area contributed by atoms with Crippen molar-refractivity contribution in [1.82, 2.24) is 9.80 Å². The van der Waals surface area contributed by atoms with Crippen LogP contribution in [0.2, 0.25) is 0 Å². The van der Waals surface area contributed by atoms with Crippen molar-refractivity contribution in [2.45, 2.75) is 77.6 Å². The van der Waals surface area contributed by atoms with Crippen molar-refractivity contribution in [1.29, 1.82) is 0 Å². The van der Waals surface area contributed by atoms with Gasteiger partial charge in [0.05, 0.1) is 0 Å². The van der Waals surface area contributed by atoms with Crippen LogP contribution in [0.3, 0.4) is 0 Å². The predicted molar refractivity (Wildman–Crippen MR) is 125 cm³/mol. The topological polar surface area (TPSA) is 26.8 Å². The molecule has 30 heavy (non-hydrogen) atoms. The van der Waals surface area contributed by atoms with Crippen LogP contribution in [-0.4, -0.2) is 55.1 Å². The maximum absolute atomic E-state index is 12.9. The molecule has 2 aliphatic heterocycles. The van der Waals surface area contributed by atoms with Crippen LogP contribution in [0.4, 0.5) is 10.5 Å². The molecule has 4 nitrogen and oxygen atoms in total. The number of hydrogen-bond donors (Lipinski definition) is 0. The van der Waals surface area contributed by atoms with Crippen molar-refractivity contribution in [3.8, 4) is 0 Å². The molecule has 2 amide bonds. The number of para-hydroxylation sites is 1. The normalized spacial score (nSPS) is 22.9. The Morgan fingerprint density at radius 3 is 2.10 bits per heavy atom. The molecule has 3 fully saturated rings. The van der Waals surface area contributed by atoms with E-state index < -0.39 is 0 Å². The Bertz CT molecular complexity index is 690. The van der Waals surface area contributed by atoms with Gasteiger partial charge in [0, 0.05) is 45.0 Å². The standard InChI is InChI=1S/C26H41N3O/c1-3-26(4-2)14-12-22(13-15-26)23-10-6-7-11-24(23)27-18-20-29(21-19-27)25(30)28-16-8-5-9-17-28/h6-7,10-11,22H,3-5,8-9,12-21H2,1-2H3. The second kappa shape index (κ2) is 9.62. The third-order valence-electron chi connectivity index (χ3n) is 8.44. The van der Waals surface area contributed by atoms with E-state index in [1.165, 1.54) is 50.6 Å². The zero-order valence-corrected chi connectivity index (χ0v) is 19.2. The molecule has 2 saturated heterocycles. The molecule has 3 aliphatic rings. The molecule has 0 bridgehead atoms. The van der Waals surface area contributed by atoms with Crippen LogP contribution in [0.1, 0.15) is 83.1 Å². The van der Waals surface area contributed by atoms with E-state index in [9.17, 15) is 4.79 Å². The quantitative estimate of drug-likeness (QED) is 0.619. The molecule has 1 saturated carbocycles. The number of benzene rings is 1. The lowest BCUT2D eigenvalue weighted by molar-refractivity contribution is 0.141. The van der Waals surface area contributed by atoms with E-state index in [1.54, 1.807) is 5.56 Å². The van der Waals surface area contributed by atoms with Crippen LogP contribution in [0.25, 0.3) is 0 Å². The van der Waals surface area contributed by atoms with Crippen molar-refractivity contribution in [2.75, 3.05) is 44.2 Å². The summed E-state index contributed by atoms with van der Waals surface area (Å²) in [4.78, 5) is 19.6. The summed E-state index contributed by atoms with van der Waals surface area (Å²) in [6.07, 6.45) is 11.6. The van der Waals surface area contributed by atoms with Gasteiger partial charge in [-0.05, 0) is 67.9 Å². The molecule has 4 heteroatoms. The maximum Gasteiger partial charge on any atom is 0.320 e. The highest BCUT2D eigenvalue weighted by molar-refractivity contribution is 5.75. The number of anilines is 1. The lowest BCUT2D eigenvalue weighted by atomic mass is 9.66. The van der Waals surface area contributed by atoms with Crippen LogP contribution in [0, 0.1) is 5.41 Å². The third-order valence-corrected chi connectivity index (χ3v) is 8.44. The van der Waals surface area contributed by atoms with Gasteiger partial charge in [-0.25, -0.2) is 4.79 Å². The molecule has 1 aromatic carbocycles. The Hall–Kier alpha value is -1.71. The smallest absolute Gasteiger partial charge is 0.320 e. The summed E-state index contributed by atoms with van der Waals surface area (Å²) >= 11 is 0. The van der Waals surface area contributed by atoms with Crippen LogP contribution in [-0.2, 0) is 0 Å². The number of carbonyl (C=O) groups is 1. The summed E-state index contributed by atoms with van der Waals surface area (Å²) in [5.74, 6) is 0.695. The lowest BCUT2D eigenvalue weighted by Gasteiger charge is -2.42. The SMILES string of the molecule is CCC1(CC)CCC(c2ccccc2N2CCN(C(=O)N3CCCCC3)CC2)CC1. The van der Waals surface area contributed by atoms with Crippen molar-refractivity contribution in [2.24, 2.45) is 5.41 Å². The van der Waals surface area contributed by atoms with Gasteiger partial charge < -0.3 is 14.7 Å². The molecule has 1 aliphatic carbocycles. The average molecular weight is 412 g/mol. The summed E-state index contributed by atoms with van der Waals surface area (Å²) in [6, 6.07) is 9.37. The summed E-state index contributed by atoms with van der Waals surface area (Å²) in [7, 11) is 0. The summed E-state index contributed by atoms with van der Waals surface area (Å²) in [5.41, 5.74) is 3.56. The maximum atomic E-state index is 12.9.